The molecule has 0 atom stereocenters. The third-order valence-corrected chi connectivity index (χ3v) is 3.36. The van der Waals surface area contributed by atoms with Crippen molar-refractivity contribution < 1.29 is 4.74 Å². The highest BCUT2D eigenvalue weighted by Gasteiger charge is 2.38. The zero-order chi connectivity index (χ0) is 12.4. The van der Waals surface area contributed by atoms with Crippen LogP contribution in [-0.2, 0) is 4.74 Å². The summed E-state index contributed by atoms with van der Waals surface area (Å²) in [4.78, 5) is 0. The molecule has 0 aromatic rings. The van der Waals surface area contributed by atoms with Gasteiger partial charge in [0.1, 0.15) is 0 Å². The Morgan fingerprint density at radius 3 is 1.50 bits per heavy atom. The molecule has 1 fully saturated rings. The Hall–Kier alpha value is -0.0400. The maximum atomic E-state index is 5.55. The topological polar surface area (TPSA) is 9.23 Å². The van der Waals surface area contributed by atoms with Crippen molar-refractivity contribution in [2.45, 2.75) is 67.2 Å². The van der Waals surface area contributed by atoms with Gasteiger partial charge in [0.2, 0.25) is 0 Å². The van der Waals surface area contributed by atoms with E-state index in [0.29, 0.717) is 16.2 Å². The van der Waals surface area contributed by atoms with Crippen molar-refractivity contribution in [3.8, 4) is 0 Å². The van der Waals surface area contributed by atoms with Gasteiger partial charge in [0, 0.05) is 13.2 Å². The minimum absolute atomic E-state index is 0.433. The highest BCUT2D eigenvalue weighted by Crippen LogP contribution is 2.48. The lowest BCUT2D eigenvalue weighted by atomic mass is 9.63. The molecule has 0 amide bonds. The normalized spacial score (nSPS) is 22.1. The predicted octanol–water partition coefficient (Wildman–Crippen LogP) is 4.66. The number of rotatable bonds is 2. The van der Waals surface area contributed by atoms with Gasteiger partial charge in [0.25, 0.3) is 0 Å². The summed E-state index contributed by atoms with van der Waals surface area (Å²) in [6.07, 6.45) is 5.17. The van der Waals surface area contributed by atoms with Crippen LogP contribution in [0.2, 0.25) is 0 Å². The highest BCUT2D eigenvalue weighted by molar-refractivity contribution is 4.89. The van der Waals surface area contributed by atoms with E-state index >= 15 is 0 Å². The molecular weight excluding hydrogens is 196 g/mol. The smallest absolute Gasteiger partial charge is 0.0471 e. The maximum absolute atomic E-state index is 5.55. The molecule has 0 aromatic heterocycles. The van der Waals surface area contributed by atoms with Crippen LogP contribution in [0.3, 0.4) is 0 Å². The zero-order valence-electron chi connectivity index (χ0n) is 12.2. The van der Waals surface area contributed by atoms with Crippen molar-refractivity contribution in [3.63, 3.8) is 0 Å². The molecule has 1 aliphatic heterocycles. The molecule has 1 saturated heterocycles. The Labute approximate surface area is 102 Å². The SMILES string of the molecule is CC(C)(C)CC1(CC(C)(C)C)CCOCC1. The highest BCUT2D eigenvalue weighted by atomic mass is 16.5. The maximum Gasteiger partial charge on any atom is 0.0471 e. The minimum atomic E-state index is 0.433. The van der Waals surface area contributed by atoms with Crippen molar-refractivity contribution in [3.05, 3.63) is 0 Å². The van der Waals surface area contributed by atoms with Gasteiger partial charge in [-0.05, 0) is 41.9 Å². The van der Waals surface area contributed by atoms with E-state index in [2.05, 4.69) is 41.5 Å². The molecular formula is C15H30O. The summed E-state index contributed by atoms with van der Waals surface area (Å²) in [5.41, 5.74) is 1.39. The molecule has 0 radical (unpaired) electrons. The first-order chi connectivity index (χ1) is 7.12. The Morgan fingerprint density at radius 1 is 0.812 bits per heavy atom. The summed E-state index contributed by atoms with van der Waals surface area (Å²) in [7, 11) is 0. The van der Waals surface area contributed by atoms with Crippen molar-refractivity contribution >= 4 is 0 Å². The first-order valence-electron chi connectivity index (χ1n) is 6.70. The van der Waals surface area contributed by atoms with Crippen LogP contribution >= 0.6 is 0 Å². The first-order valence-corrected chi connectivity index (χ1v) is 6.70. The van der Waals surface area contributed by atoms with Crippen LogP contribution in [0.5, 0.6) is 0 Å². The van der Waals surface area contributed by atoms with Gasteiger partial charge < -0.3 is 4.74 Å². The Morgan fingerprint density at radius 2 is 1.19 bits per heavy atom. The first kappa shape index (κ1) is 14.0. The molecule has 16 heavy (non-hydrogen) atoms. The van der Waals surface area contributed by atoms with Crippen LogP contribution in [0.1, 0.15) is 67.2 Å². The molecule has 96 valence electrons. The van der Waals surface area contributed by atoms with Crippen LogP contribution in [0.4, 0.5) is 0 Å². The van der Waals surface area contributed by atoms with E-state index in [1.807, 2.05) is 0 Å². The summed E-state index contributed by atoms with van der Waals surface area (Å²) < 4.78 is 5.55. The predicted molar refractivity (Wildman–Crippen MR) is 70.6 cm³/mol. The Balaban J connectivity index is 2.75. The summed E-state index contributed by atoms with van der Waals surface area (Å²) >= 11 is 0. The average Bonchev–Trinajstić information content (AvgIpc) is 1.97. The second kappa shape index (κ2) is 4.68. The fourth-order valence-corrected chi connectivity index (χ4v) is 3.47. The molecule has 1 nitrogen and oxygen atoms in total. The van der Waals surface area contributed by atoms with Gasteiger partial charge in [-0.15, -0.1) is 0 Å². The van der Waals surface area contributed by atoms with Crippen LogP contribution in [0, 0.1) is 16.2 Å². The molecule has 0 saturated carbocycles. The summed E-state index contributed by atoms with van der Waals surface area (Å²) in [6.45, 7) is 16.1. The molecule has 0 aliphatic carbocycles. The quantitative estimate of drug-likeness (QED) is 0.665. The zero-order valence-corrected chi connectivity index (χ0v) is 12.2. The van der Waals surface area contributed by atoms with E-state index in [9.17, 15) is 0 Å². The summed E-state index contributed by atoms with van der Waals surface area (Å²) in [5, 5.41) is 0. The van der Waals surface area contributed by atoms with Crippen LogP contribution < -0.4 is 0 Å². The fourth-order valence-electron chi connectivity index (χ4n) is 3.47. The van der Waals surface area contributed by atoms with Crippen molar-refractivity contribution in [2.75, 3.05) is 13.2 Å². The van der Waals surface area contributed by atoms with Crippen LogP contribution in [0.15, 0.2) is 0 Å². The number of hydrogen-bond donors (Lipinski definition) is 0. The van der Waals surface area contributed by atoms with Crippen LogP contribution in [-0.4, -0.2) is 13.2 Å². The van der Waals surface area contributed by atoms with E-state index in [1.54, 1.807) is 0 Å². The Kier molecular flexibility index (Phi) is 4.10. The van der Waals surface area contributed by atoms with E-state index in [0.717, 1.165) is 13.2 Å². The van der Waals surface area contributed by atoms with E-state index < -0.39 is 0 Å². The van der Waals surface area contributed by atoms with Gasteiger partial charge in [0.15, 0.2) is 0 Å². The minimum Gasteiger partial charge on any atom is -0.381 e. The molecule has 0 N–H and O–H groups in total. The summed E-state index contributed by atoms with van der Waals surface area (Å²) in [6, 6.07) is 0. The molecule has 0 unspecified atom stereocenters. The van der Waals surface area contributed by atoms with Gasteiger partial charge in [-0.25, -0.2) is 0 Å². The fraction of sp³-hybridized carbons (Fsp3) is 1.00. The molecule has 0 aromatic carbocycles. The molecule has 1 heteroatoms. The second-order valence-electron chi connectivity index (χ2n) is 8.09. The molecule has 1 aliphatic rings. The van der Waals surface area contributed by atoms with Crippen molar-refractivity contribution in [2.24, 2.45) is 16.2 Å². The van der Waals surface area contributed by atoms with Gasteiger partial charge in [-0.1, -0.05) is 41.5 Å². The molecule has 0 bridgehead atoms. The van der Waals surface area contributed by atoms with Crippen molar-refractivity contribution in [1.82, 2.24) is 0 Å². The van der Waals surface area contributed by atoms with Gasteiger partial charge in [0.05, 0.1) is 0 Å². The largest absolute Gasteiger partial charge is 0.381 e. The monoisotopic (exact) mass is 226 g/mol. The standard InChI is InChI=1S/C15H30O/c1-13(2,3)11-15(12-14(4,5)6)7-9-16-10-8-15/h7-12H2,1-6H3. The molecule has 1 rings (SSSR count). The molecule has 1 heterocycles. The number of ether oxygens (including phenoxy) is 1. The summed E-state index contributed by atoms with van der Waals surface area (Å²) in [5.74, 6) is 0. The number of hydrogen-bond acceptors (Lipinski definition) is 1. The third-order valence-electron chi connectivity index (χ3n) is 3.36. The van der Waals surface area contributed by atoms with Gasteiger partial charge >= 0.3 is 0 Å². The van der Waals surface area contributed by atoms with E-state index in [1.165, 1.54) is 25.7 Å². The lowest BCUT2D eigenvalue weighted by molar-refractivity contribution is -0.0272. The third kappa shape index (κ3) is 4.86. The van der Waals surface area contributed by atoms with Gasteiger partial charge in [-0.3, -0.25) is 0 Å². The van der Waals surface area contributed by atoms with Crippen LogP contribution in [0.25, 0.3) is 0 Å². The Bertz CT molecular complexity index is 193. The van der Waals surface area contributed by atoms with E-state index in [4.69, 9.17) is 4.74 Å². The lowest BCUT2D eigenvalue weighted by Crippen LogP contribution is -2.36. The van der Waals surface area contributed by atoms with Crippen molar-refractivity contribution in [1.29, 1.82) is 0 Å². The molecule has 0 spiro atoms. The second-order valence-corrected chi connectivity index (χ2v) is 8.09. The van der Waals surface area contributed by atoms with E-state index in [-0.39, 0.29) is 0 Å². The average molecular weight is 226 g/mol. The van der Waals surface area contributed by atoms with Gasteiger partial charge in [-0.2, -0.15) is 0 Å². The lowest BCUT2D eigenvalue weighted by Gasteiger charge is -2.45.